The molecule has 0 aromatic heterocycles. The number of ketones is 1. The van der Waals surface area contributed by atoms with Crippen molar-refractivity contribution < 1.29 is 4.79 Å². The molecular weight excluding hydrogens is 286 g/mol. The van der Waals surface area contributed by atoms with Crippen molar-refractivity contribution in [3.8, 4) is 6.07 Å². The van der Waals surface area contributed by atoms with E-state index >= 15 is 0 Å². The van der Waals surface area contributed by atoms with Gasteiger partial charge in [0.05, 0.1) is 5.69 Å². The van der Waals surface area contributed by atoms with Crippen LogP contribution in [0.1, 0.15) is 15.9 Å². The highest BCUT2D eigenvalue weighted by Gasteiger charge is 2.13. The first-order valence-corrected chi connectivity index (χ1v) is 6.58. The van der Waals surface area contributed by atoms with Gasteiger partial charge in [-0.1, -0.05) is 41.4 Å². The molecule has 2 rings (SSSR count). The van der Waals surface area contributed by atoms with Crippen molar-refractivity contribution >= 4 is 28.8 Å². The molecular formula is C16H12ClN3O. The Labute approximate surface area is 127 Å². The minimum atomic E-state index is -0.418. The van der Waals surface area contributed by atoms with Crippen LogP contribution in [-0.2, 0) is 0 Å². The van der Waals surface area contributed by atoms with Crippen LogP contribution in [0, 0.1) is 18.3 Å². The predicted octanol–water partition coefficient (Wildman–Crippen LogP) is 3.82. The lowest BCUT2D eigenvalue weighted by Gasteiger charge is -2.02. The molecule has 2 aromatic carbocycles. The molecule has 0 radical (unpaired) electrons. The SMILES string of the molecule is Cc1ccc(C(=O)C(C#N)=NNc2ccc(Cl)cc2)cc1. The molecule has 4 nitrogen and oxygen atoms in total. The number of nitriles is 1. The van der Waals surface area contributed by atoms with E-state index in [1.807, 2.05) is 25.1 Å². The van der Waals surface area contributed by atoms with Crippen LogP contribution in [0.3, 0.4) is 0 Å². The van der Waals surface area contributed by atoms with Gasteiger partial charge in [-0.2, -0.15) is 10.4 Å². The van der Waals surface area contributed by atoms with Crippen molar-refractivity contribution in [2.24, 2.45) is 5.10 Å². The maximum atomic E-state index is 12.1. The third kappa shape index (κ3) is 3.91. The molecule has 0 amide bonds. The number of aryl methyl sites for hydroxylation is 1. The third-order valence-corrected chi connectivity index (χ3v) is 3.03. The van der Waals surface area contributed by atoms with Gasteiger partial charge in [0.15, 0.2) is 0 Å². The summed E-state index contributed by atoms with van der Waals surface area (Å²) in [6.07, 6.45) is 0. The molecule has 0 fully saturated rings. The number of carbonyl (C=O) groups excluding carboxylic acids is 1. The van der Waals surface area contributed by atoms with Gasteiger partial charge in [-0.3, -0.25) is 10.2 Å². The number of hydrazone groups is 1. The molecule has 0 saturated heterocycles. The third-order valence-electron chi connectivity index (χ3n) is 2.78. The number of carbonyl (C=O) groups is 1. The fourth-order valence-corrected chi connectivity index (χ4v) is 1.74. The Morgan fingerprint density at radius 3 is 2.33 bits per heavy atom. The molecule has 0 heterocycles. The molecule has 5 heteroatoms. The summed E-state index contributed by atoms with van der Waals surface area (Å²) in [6, 6.07) is 15.6. The van der Waals surface area contributed by atoms with Gasteiger partial charge in [-0.05, 0) is 31.2 Å². The fourth-order valence-electron chi connectivity index (χ4n) is 1.61. The van der Waals surface area contributed by atoms with Crippen molar-refractivity contribution in [3.05, 3.63) is 64.7 Å². The molecule has 0 aliphatic carbocycles. The second-order valence-electron chi connectivity index (χ2n) is 4.39. The Kier molecular flexibility index (Phi) is 4.70. The molecule has 21 heavy (non-hydrogen) atoms. The average Bonchev–Trinajstić information content (AvgIpc) is 2.50. The monoisotopic (exact) mass is 297 g/mol. The molecule has 1 N–H and O–H groups in total. The van der Waals surface area contributed by atoms with Crippen LogP contribution in [0.5, 0.6) is 0 Å². The highest BCUT2D eigenvalue weighted by atomic mass is 35.5. The van der Waals surface area contributed by atoms with E-state index in [2.05, 4.69) is 10.5 Å². The molecule has 0 aliphatic heterocycles. The first-order chi connectivity index (χ1) is 10.1. The molecule has 0 bridgehead atoms. The number of halogens is 1. The van der Waals surface area contributed by atoms with Crippen LogP contribution in [0.15, 0.2) is 53.6 Å². The quantitative estimate of drug-likeness (QED) is 0.530. The Morgan fingerprint density at radius 2 is 1.76 bits per heavy atom. The molecule has 0 spiro atoms. The van der Waals surface area contributed by atoms with Crippen molar-refractivity contribution in [2.45, 2.75) is 6.92 Å². The van der Waals surface area contributed by atoms with Crippen molar-refractivity contribution in [3.63, 3.8) is 0 Å². The van der Waals surface area contributed by atoms with Crippen LogP contribution in [-0.4, -0.2) is 11.5 Å². The molecule has 2 aromatic rings. The lowest BCUT2D eigenvalue weighted by atomic mass is 10.1. The maximum absolute atomic E-state index is 12.1. The van der Waals surface area contributed by atoms with Crippen LogP contribution in [0.2, 0.25) is 5.02 Å². The summed E-state index contributed by atoms with van der Waals surface area (Å²) in [4.78, 5) is 12.1. The Bertz CT molecular complexity index is 713. The van der Waals surface area contributed by atoms with Crippen LogP contribution in [0.4, 0.5) is 5.69 Å². The minimum Gasteiger partial charge on any atom is -0.286 e. The zero-order chi connectivity index (χ0) is 15.2. The first-order valence-electron chi connectivity index (χ1n) is 6.21. The van der Waals surface area contributed by atoms with E-state index in [0.717, 1.165) is 5.56 Å². The summed E-state index contributed by atoms with van der Waals surface area (Å²) in [5, 5.41) is 13.5. The van der Waals surface area contributed by atoms with Crippen molar-refractivity contribution in [1.82, 2.24) is 0 Å². The Balaban J connectivity index is 2.17. The molecule has 104 valence electrons. The van der Waals surface area contributed by atoms with E-state index < -0.39 is 5.78 Å². The van der Waals surface area contributed by atoms with Gasteiger partial charge in [-0.25, -0.2) is 0 Å². The van der Waals surface area contributed by atoms with Crippen LogP contribution in [0.25, 0.3) is 0 Å². The molecule has 0 unspecified atom stereocenters. The lowest BCUT2D eigenvalue weighted by Crippen LogP contribution is -2.14. The number of anilines is 1. The van der Waals surface area contributed by atoms with E-state index in [9.17, 15) is 4.79 Å². The molecule has 0 aliphatic rings. The topological polar surface area (TPSA) is 65.2 Å². The van der Waals surface area contributed by atoms with Gasteiger partial charge in [-0.15, -0.1) is 0 Å². The summed E-state index contributed by atoms with van der Waals surface area (Å²) in [6.45, 7) is 1.93. The largest absolute Gasteiger partial charge is 0.286 e. The fraction of sp³-hybridized carbons (Fsp3) is 0.0625. The van der Waals surface area contributed by atoms with Gasteiger partial charge in [0.1, 0.15) is 6.07 Å². The van der Waals surface area contributed by atoms with Gasteiger partial charge < -0.3 is 0 Å². The minimum absolute atomic E-state index is 0.200. The van der Waals surface area contributed by atoms with Crippen molar-refractivity contribution in [1.29, 1.82) is 5.26 Å². The van der Waals surface area contributed by atoms with E-state index in [0.29, 0.717) is 16.3 Å². The summed E-state index contributed by atoms with van der Waals surface area (Å²) in [5.74, 6) is -0.418. The van der Waals surface area contributed by atoms with Crippen LogP contribution >= 0.6 is 11.6 Å². The number of Topliss-reactive ketones (excluding diaryl/α,β-unsaturated/α-hetero) is 1. The van der Waals surface area contributed by atoms with Crippen molar-refractivity contribution in [2.75, 3.05) is 5.43 Å². The first kappa shape index (κ1) is 14.8. The van der Waals surface area contributed by atoms with Crippen LogP contribution < -0.4 is 5.43 Å². The van der Waals surface area contributed by atoms with Gasteiger partial charge in [0.2, 0.25) is 11.5 Å². The van der Waals surface area contributed by atoms with E-state index in [-0.39, 0.29) is 5.71 Å². The highest BCUT2D eigenvalue weighted by Crippen LogP contribution is 2.13. The number of benzene rings is 2. The maximum Gasteiger partial charge on any atom is 0.223 e. The van der Waals surface area contributed by atoms with E-state index in [4.69, 9.17) is 16.9 Å². The van der Waals surface area contributed by atoms with Gasteiger partial charge >= 0.3 is 0 Å². The number of rotatable bonds is 4. The van der Waals surface area contributed by atoms with Gasteiger partial charge in [0, 0.05) is 10.6 Å². The summed E-state index contributed by atoms with van der Waals surface area (Å²) in [7, 11) is 0. The number of hydrogen-bond donors (Lipinski definition) is 1. The van der Waals surface area contributed by atoms with E-state index in [1.165, 1.54) is 0 Å². The molecule has 0 atom stereocenters. The number of nitrogens with one attached hydrogen (secondary N) is 1. The lowest BCUT2D eigenvalue weighted by molar-refractivity contribution is 0.106. The second-order valence-corrected chi connectivity index (χ2v) is 4.82. The molecule has 0 saturated carbocycles. The smallest absolute Gasteiger partial charge is 0.223 e. The number of hydrogen-bond acceptors (Lipinski definition) is 4. The predicted molar refractivity (Wildman–Crippen MR) is 83.6 cm³/mol. The average molecular weight is 298 g/mol. The normalized spacial score (nSPS) is 10.8. The van der Waals surface area contributed by atoms with E-state index in [1.54, 1.807) is 36.4 Å². The zero-order valence-electron chi connectivity index (χ0n) is 11.3. The Hall–Kier alpha value is -2.64. The zero-order valence-corrected chi connectivity index (χ0v) is 12.1. The summed E-state index contributed by atoms with van der Waals surface area (Å²) < 4.78 is 0. The second kappa shape index (κ2) is 6.69. The standard InChI is InChI=1S/C16H12ClN3O/c1-11-2-4-12(5-3-11)16(21)15(10-18)20-19-14-8-6-13(17)7-9-14/h2-9,19H,1H3. The highest BCUT2D eigenvalue weighted by molar-refractivity contribution is 6.51. The Morgan fingerprint density at radius 1 is 1.14 bits per heavy atom. The summed E-state index contributed by atoms with van der Waals surface area (Å²) in [5.41, 5.74) is 4.59. The number of nitrogens with zero attached hydrogens (tertiary/aromatic N) is 2. The van der Waals surface area contributed by atoms with Gasteiger partial charge in [0.25, 0.3) is 0 Å². The summed E-state index contributed by atoms with van der Waals surface area (Å²) >= 11 is 5.77.